The first-order valence-electron chi connectivity index (χ1n) is 8.58. The zero-order valence-corrected chi connectivity index (χ0v) is 14.2. The van der Waals surface area contributed by atoms with Gasteiger partial charge in [-0.3, -0.25) is 4.79 Å². The number of amides is 1. The normalized spacial score (nSPS) is 17.1. The van der Waals surface area contributed by atoms with Crippen molar-refractivity contribution in [3.63, 3.8) is 0 Å². The highest BCUT2D eigenvalue weighted by Gasteiger charge is 2.24. The van der Waals surface area contributed by atoms with Crippen LogP contribution in [-0.4, -0.2) is 49.8 Å². The molecule has 1 saturated heterocycles. The SMILES string of the molecule is O=C(N[C@H]1CCCN(c2ncccn2)C1)c1ccccc1-n1cncn1. The van der Waals surface area contributed by atoms with E-state index in [1.54, 1.807) is 35.5 Å². The molecule has 2 aromatic heterocycles. The van der Waals surface area contributed by atoms with Crippen LogP contribution in [0.1, 0.15) is 23.2 Å². The van der Waals surface area contributed by atoms with Crippen LogP contribution in [0.25, 0.3) is 5.69 Å². The number of rotatable bonds is 4. The second kappa shape index (κ2) is 7.30. The summed E-state index contributed by atoms with van der Waals surface area (Å²) in [6.45, 7) is 1.59. The minimum absolute atomic E-state index is 0.0452. The van der Waals surface area contributed by atoms with Crippen molar-refractivity contribution < 1.29 is 4.79 Å². The molecule has 1 fully saturated rings. The van der Waals surface area contributed by atoms with Gasteiger partial charge in [0.05, 0.1) is 11.3 Å². The molecule has 8 nitrogen and oxygen atoms in total. The largest absolute Gasteiger partial charge is 0.347 e. The molecule has 8 heteroatoms. The van der Waals surface area contributed by atoms with Crippen molar-refractivity contribution in [2.75, 3.05) is 18.0 Å². The van der Waals surface area contributed by atoms with Gasteiger partial charge < -0.3 is 10.2 Å². The first-order valence-corrected chi connectivity index (χ1v) is 8.58. The van der Waals surface area contributed by atoms with Crippen molar-refractivity contribution in [1.82, 2.24) is 30.0 Å². The van der Waals surface area contributed by atoms with E-state index in [9.17, 15) is 4.79 Å². The smallest absolute Gasteiger partial charge is 0.253 e. The van der Waals surface area contributed by atoms with Gasteiger partial charge in [-0.25, -0.2) is 19.6 Å². The van der Waals surface area contributed by atoms with Crippen LogP contribution in [0.3, 0.4) is 0 Å². The van der Waals surface area contributed by atoms with Crippen LogP contribution in [0.4, 0.5) is 5.95 Å². The number of nitrogens with one attached hydrogen (secondary N) is 1. The van der Waals surface area contributed by atoms with E-state index in [0.717, 1.165) is 19.4 Å². The number of para-hydroxylation sites is 1. The van der Waals surface area contributed by atoms with Crippen molar-refractivity contribution in [2.24, 2.45) is 0 Å². The van der Waals surface area contributed by atoms with Gasteiger partial charge in [0, 0.05) is 31.5 Å². The first kappa shape index (κ1) is 16.2. The van der Waals surface area contributed by atoms with Gasteiger partial charge in [0.2, 0.25) is 5.95 Å². The minimum atomic E-state index is -0.114. The number of hydrogen-bond donors (Lipinski definition) is 1. The van der Waals surface area contributed by atoms with Gasteiger partial charge in [0.25, 0.3) is 5.91 Å². The summed E-state index contributed by atoms with van der Waals surface area (Å²) in [5.74, 6) is 0.589. The predicted octanol–water partition coefficient (Wildman–Crippen LogP) is 1.46. The molecule has 0 aliphatic carbocycles. The van der Waals surface area contributed by atoms with Crippen LogP contribution in [0, 0.1) is 0 Å². The van der Waals surface area contributed by atoms with E-state index >= 15 is 0 Å². The second-order valence-corrected chi connectivity index (χ2v) is 6.16. The standard InChI is InChI=1S/C18H19N7O/c26-17(15-6-1-2-7-16(15)25-13-19-12-22-25)23-14-5-3-10-24(11-14)18-20-8-4-9-21-18/h1-2,4,6-9,12-14H,3,5,10-11H2,(H,23,26)/t14-/m0/s1. The molecule has 0 saturated carbocycles. The minimum Gasteiger partial charge on any atom is -0.347 e. The number of benzene rings is 1. The molecule has 1 aliphatic heterocycles. The summed E-state index contributed by atoms with van der Waals surface area (Å²) in [6.07, 6.45) is 8.42. The lowest BCUT2D eigenvalue weighted by Gasteiger charge is -2.33. The lowest BCUT2D eigenvalue weighted by molar-refractivity contribution is 0.0933. The summed E-state index contributed by atoms with van der Waals surface area (Å²) >= 11 is 0. The number of hydrogen-bond acceptors (Lipinski definition) is 6. The van der Waals surface area contributed by atoms with Crippen LogP contribution in [0.5, 0.6) is 0 Å². The van der Waals surface area contributed by atoms with Gasteiger partial charge in [-0.2, -0.15) is 5.10 Å². The molecule has 132 valence electrons. The van der Waals surface area contributed by atoms with Crippen LogP contribution in [-0.2, 0) is 0 Å². The highest BCUT2D eigenvalue weighted by atomic mass is 16.1. The van der Waals surface area contributed by atoms with Crippen molar-refractivity contribution in [3.05, 3.63) is 60.9 Å². The zero-order valence-electron chi connectivity index (χ0n) is 14.2. The Morgan fingerprint density at radius 2 is 2.00 bits per heavy atom. The molecule has 4 rings (SSSR count). The van der Waals surface area contributed by atoms with E-state index < -0.39 is 0 Å². The topological polar surface area (TPSA) is 88.8 Å². The summed E-state index contributed by atoms with van der Waals surface area (Å²) in [4.78, 5) is 27.5. The molecule has 1 aromatic carbocycles. The average molecular weight is 349 g/mol. The number of anilines is 1. The molecule has 26 heavy (non-hydrogen) atoms. The highest BCUT2D eigenvalue weighted by Crippen LogP contribution is 2.17. The van der Waals surface area contributed by atoms with Gasteiger partial charge in [-0.15, -0.1) is 0 Å². The molecule has 0 spiro atoms. The third kappa shape index (κ3) is 3.39. The third-order valence-corrected chi connectivity index (χ3v) is 4.41. The van der Waals surface area contributed by atoms with Gasteiger partial charge in [-0.1, -0.05) is 12.1 Å². The Labute approximate surface area is 150 Å². The molecular formula is C18H19N7O. The van der Waals surface area contributed by atoms with E-state index in [0.29, 0.717) is 23.7 Å². The predicted molar refractivity (Wildman–Crippen MR) is 96.1 cm³/mol. The molecule has 1 aliphatic rings. The van der Waals surface area contributed by atoms with Crippen LogP contribution >= 0.6 is 0 Å². The van der Waals surface area contributed by atoms with Gasteiger partial charge in [0.15, 0.2) is 0 Å². The Kier molecular flexibility index (Phi) is 4.55. The maximum atomic E-state index is 12.8. The number of piperidine rings is 1. The molecule has 3 heterocycles. The molecule has 3 aromatic rings. The lowest BCUT2D eigenvalue weighted by Crippen LogP contribution is -2.48. The summed E-state index contributed by atoms with van der Waals surface area (Å²) in [7, 11) is 0. The van der Waals surface area contributed by atoms with Crippen molar-refractivity contribution in [3.8, 4) is 5.69 Å². The molecule has 0 bridgehead atoms. The Balaban J connectivity index is 1.49. The average Bonchev–Trinajstić information content (AvgIpc) is 3.23. The molecule has 0 unspecified atom stereocenters. The summed E-state index contributed by atoms with van der Waals surface area (Å²) < 4.78 is 1.60. The number of nitrogens with zero attached hydrogens (tertiary/aromatic N) is 6. The van der Waals surface area contributed by atoms with E-state index in [1.807, 2.05) is 18.2 Å². The maximum absolute atomic E-state index is 12.8. The Bertz CT molecular complexity index is 866. The van der Waals surface area contributed by atoms with Crippen molar-refractivity contribution in [2.45, 2.75) is 18.9 Å². The van der Waals surface area contributed by atoms with E-state index in [4.69, 9.17) is 0 Å². The number of aromatic nitrogens is 5. The number of carbonyl (C=O) groups excluding carboxylic acids is 1. The van der Waals surface area contributed by atoms with Crippen LogP contribution in [0.2, 0.25) is 0 Å². The fourth-order valence-electron chi connectivity index (χ4n) is 3.19. The Hall–Kier alpha value is -3.29. The lowest BCUT2D eigenvalue weighted by atomic mass is 10.0. The monoisotopic (exact) mass is 349 g/mol. The molecule has 1 amide bonds. The molecule has 1 N–H and O–H groups in total. The van der Waals surface area contributed by atoms with Crippen LogP contribution in [0.15, 0.2) is 55.4 Å². The maximum Gasteiger partial charge on any atom is 0.253 e. The Morgan fingerprint density at radius 3 is 2.81 bits per heavy atom. The molecule has 1 atom stereocenters. The quantitative estimate of drug-likeness (QED) is 0.767. The van der Waals surface area contributed by atoms with E-state index in [1.165, 1.54) is 6.33 Å². The van der Waals surface area contributed by atoms with E-state index in [2.05, 4.69) is 30.3 Å². The molecular weight excluding hydrogens is 330 g/mol. The summed E-state index contributed by atoms with van der Waals surface area (Å²) in [5, 5.41) is 7.27. The zero-order chi connectivity index (χ0) is 17.8. The van der Waals surface area contributed by atoms with Gasteiger partial charge >= 0.3 is 0 Å². The second-order valence-electron chi connectivity index (χ2n) is 6.16. The fraction of sp³-hybridized carbons (Fsp3) is 0.278. The molecule has 0 radical (unpaired) electrons. The first-order chi connectivity index (χ1) is 12.8. The fourth-order valence-corrected chi connectivity index (χ4v) is 3.19. The highest BCUT2D eigenvalue weighted by molar-refractivity contribution is 5.97. The van der Waals surface area contributed by atoms with Crippen LogP contribution < -0.4 is 10.2 Å². The van der Waals surface area contributed by atoms with E-state index in [-0.39, 0.29) is 11.9 Å². The number of carbonyl (C=O) groups is 1. The van der Waals surface area contributed by atoms with Crippen molar-refractivity contribution in [1.29, 1.82) is 0 Å². The third-order valence-electron chi connectivity index (χ3n) is 4.41. The van der Waals surface area contributed by atoms with Crippen molar-refractivity contribution >= 4 is 11.9 Å². The van der Waals surface area contributed by atoms with Gasteiger partial charge in [0.1, 0.15) is 12.7 Å². The Morgan fingerprint density at radius 1 is 1.15 bits per heavy atom. The van der Waals surface area contributed by atoms with Gasteiger partial charge in [-0.05, 0) is 31.0 Å². The summed E-state index contributed by atoms with van der Waals surface area (Å²) in [6, 6.07) is 9.22. The summed E-state index contributed by atoms with van der Waals surface area (Å²) in [5.41, 5.74) is 1.28.